The van der Waals surface area contributed by atoms with Crippen molar-refractivity contribution in [2.45, 2.75) is 39.4 Å². The van der Waals surface area contributed by atoms with E-state index in [4.69, 9.17) is 4.42 Å². The molecule has 1 heterocycles. The van der Waals surface area contributed by atoms with E-state index in [1.54, 1.807) is 6.26 Å². The van der Waals surface area contributed by atoms with E-state index in [1.807, 2.05) is 11.8 Å². The highest BCUT2D eigenvalue weighted by Crippen LogP contribution is 2.14. The molecule has 0 bridgehead atoms. The number of hydrogen-bond acceptors (Lipinski definition) is 4. The second-order valence-corrected chi connectivity index (χ2v) is 6.69. The molecule has 1 aromatic heterocycles. The predicted octanol–water partition coefficient (Wildman–Crippen LogP) is 2.96. The van der Waals surface area contributed by atoms with Gasteiger partial charge < -0.3 is 9.73 Å². The lowest BCUT2D eigenvalue weighted by atomic mass is 10.1. The molecule has 4 heteroatoms. The average molecular weight is 270 g/mol. The van der Waals surface area contributed by atoms with Crippen LogP contribution in [0.25, 0.3) is 0 Å². The lowest BCUT2D eigenvalue weighted by molar-refractivity contribution is 0.308. The lowest BCUT2D eigenvalue weighted by Gasteiger charge is -2.21. The van der Waals surface area contributed by atoms with E-state index in [0.717, 1.165) is 31.1 Å². The van der Waals surface area contributed by atoms with E-state index in [1.165, 1.54) is 5.56 Å². The van der Waals surface area contributed by atoms with Crippen molar-refractivity contribution >= 4 is 11.8 Å². The molecule has 0 radical (unpaired) electrons. The molecule has 0 unspecified atom stereocenters. The van der Waals surface area contributed by atoms with Crippen LogP contribution in [0.15, 0.2) is 16.7 Å². The first-order valence-corrected chi connectivity index (χ1v) is 7.79. The normalized spacial score (nSPS) is 12.3. The minimum atomic E-state index is 0.138. The monoisotopic (exact) mass is 270 g/mol. The summed E-state index contributed by atoms with van der Waals surface area (Å²) in [5.74, 6) is 2.24. The Labute approximate surface area is 115 Å². The van der Waals surface area contributed by atoms with Crippen molar-refractivity contribution in [1.82, 2.24) is 10.2 Å². The third-order valence-corrected chi connectivity index (χ3v) is 3.33. The Hall–Kier alpha value is -0.450. The fourth-order valence-corrected chi connectivity index (χ4v) is 2.09. The highest BCUT2D eigenvalue weighted by molar-refractivity contribution is 7.98. The van der Waals surface area contributed by atoms with Gasteiger partial charge in [0.25, 0.3) is 0 Å². The standard InChI is InChI=1S/C14H26N2OS/c1-14(2,3)15-10-12-6-8-17-13(12)11-16(4)7-9-18-5/h6,8,15H,7,9-11H2,1-5H3. The van der Waals surface area contributed by atoms with E-state index in [2.05, 4.69) is 50.4 Å². The molecule has 0 saturated heterocycles. The Balaban J connectivity index is 2.49. The quantitative estimate of drug-likeness (QED) is 0.824. The molecule has 1 N–H and O–H groups in total. The van der Waals surface area contributed by atoms with E-state index >= 15 is 0 Å². The Bertz CT molecular complexity index is 344. The zero-order valence-electron chi connectivity index (χ0n) is 12.2. The molecule has 0 atom stereocenters. The number of rotatable bonds is 7. The van der Waals surface area contributed by atoms with Crippen LogP contribution in [0.1, 0.15) is 32.1 Å². The smallest absolute Gasteiger partial charge is 0.122 e. The van der Waals surface area contributed by atoms with Crippen LogP contribution in [0.3, 0.4) is 0 Å². The topological polar surface area (TPSA) is 28.4 Å². The number of thioether (sulfide) groups is 1. The molecule has 0 amide bonds. The molecule has 18 heavy (non-hydrogen) atoms. The highest BCUT2D eigenvalue weighted by atomic mass is 32.2. The molecule has 0 spiro atoms. The summed E-state index contributed by atoms with van der Waals surface area (Å²) in [7, 11) is 2.14. The molecule has 1 aromatic rings. The number of furan rings is 1. The second kappa shape index (κ2) is 7.22. The van der Waals surface area contributed by atoms with Gasteiger partial charge in [-0.1, -0.05) is 0 Å². The average Bonchev–Trinajstić information content (AvgIpc) is 2.70. The van der Waals surface area contributed by atoms with E-state index in [9.17, 15) is 0 Å². The first-order chi connectivity index (χ1) is 8.42. The fraction of sp³-hybridized carbons (Fsp3) is 0.714. The minimum Gasteiger partial charge on any atom is -0.468 e. The molecule has 0 fully saturated rings. The van der Waals surface area contributed by atoms with Crippen molar-refractivity contribution in [3.8, 4) is 0 Å². The number of nitrogens with zero attached hydrogens (tertiary/aromatic N) is 1. The summed E-state index contributed by atoms with van der Waals surface area (Å²) in [6, 6.07) is 2.07. The molecule has 0 aliphatic carbocycles. The van der Waals surface area contributed by atoms with Crippen molar-refractivity contribution in [3.63, 3.8) is 0 Å². The Kier molecular flexibility index (Phi) is 6.26. The van der Waals surface area contributed by atoms with Crippen LogP contribution in [-0.4, -0.2) is 36.0 Å². The maximum absolute atomic E-state index is 5.59. The third-order valence-electron chi connectivity index (χ3n) is 2.74. The first kappa shape index (κ1) is 15.6. The van der Waals surface area contributed by atoms with Crippen LogP contribution in [-0.2, 0) is 13.1 Å². The molecule has 104 valence electrons. The number of nitrogens with one attached hydrogen (secondary N) is 1. The van der Waals surface area contributed by atoms with Crippen LogP contribution in [0.2, 0.25) is 0 Å². The molecular weight excluding hydrogens is 244 g/mol. The lowest BCUT2D eigenvalue weighted by Crippen LogP contribution is -2.35. The molecule has 0 aliphatic rings. The highest BCUT2D eigenvalue weighted by Gasteiger charge is 2.13. The summed E-state index contributed by atoms with van der Waals surface area (Å²) in [4.78, 5) is 2.30. The molecule has 0 saturated carbocycles. The van der Waals surface area contributed by atoms with E-state index in [0.29, 0.717) is 0 Å². The Morgan fingerprint density at radius 1 is 1.39 bits per heavy atom. The van der Waals surface area contributed by atoms with Gasteiger partial charge >= 0.3 is 0 Å². The molecule has 0 aliphatic heterocycles. The maximum atomic E-state index is 5.59. The van der Waals surface area contributed by atoms with Crippen molar-refractivity contribution in [1.29, 1.82) is 0 Å². The summed E-state index contributed by atoms with van der Waals surface area (Å²) in [5.41, 5.74) is 1.40. The Morgan fingerprint density at radius 3 is 2.72 bits per heavy atom. The zero-order valence-corrected chi connectivity index (χ0v) is 13.1. The number of hydrogen-bond donors (Lipinski definition) is 1. The van der Waals surface area contributed by atoms with Gasteiger partial charge in [-0.2, -0.15) is 11.8 Å². The summed E-state index contributed by atoms with van der Waals surface area (Å²) in [5, 5.41) is 3.50. The van der Waals surface area contributed by atoms with Gasteiger partial charge in [-0.15, -0.1) is 0 Å². The molecule has 0 aromatic carbocycles. The largest absolute Gasteiger partial charge is 0.468 e. The van der Waals surface area contributed by atoms with Gasteiger partial charge in [-0.05, 0) is 40.1 Å². The third kappa shape index (κ3) is 5.94. The van der Waals surface area contributed by atoms with Gasteiger partial charge in [0.05, 0.1) is 12.8 Å². The zero-order chi connectivity index (χ0) is 13.6. The van der Waals surface area contributed by atoms with Crippen LogP contribution in [0.5, 0.6) is 0 Å². The van der Waals surface area contributed by atoms with Gasteiger partial charge in [0.2, 0.25) is 0 Å². The van der Waals surface area contributed by atoms with Gasteiger partial charge in [0, 0.05) is 29.9 Å². The summed E-state index contributed by atoms with van der Waals surface area (Å²) in [6.45, 7) is 9.38. The summed E-state index contributed by atoms with van der Waals surface area (Å²) in [6.07, 6.45) is 3.93. The van der Waals surface area contributed by atoms with Crippen LogP contribution >= 0.6 is 11.8 Å². The van der Waals surface area contributed by atoms with Crippen molar-refractivity contribution in [2.75, 3.05) is 25.6 Å². The van der Waals surface area contributed by atoms with Gasteiger partial charge in [0.15, 0.2) is 0 Å². The van der Waals surface area contributed by atoms with Crippen LogP contribution in [0.4, 0.5) is 0 Å². The van der Waals surface area contributed by atoms with Crippen molar-refractivity contribution < 1.29 is 4.42 Å². The first-order valence-electron chi connectivity index (χ1n) is 6.40. The summed E-state index contributed by atoms with van der Waals surface area (Å²) >= 11 is 1.88. The maximum Gasteiger partial charge on any atom is 0.122 e. The van der Waals surface area contributed by atoms with E-state index in [-0.39, 0.29) is 5.54 Å². The van der Waals surface area contributed by atoms with Gasteiger partial charge in [-0.25, -0.2) is 0 Å². The molecular formula is C14H26N2OS. The second-order valence-electron chi connectivity index (χ2n) is 5.70. The molecule has 1 rings (SSSR count). The van der Waals surface area contributed by atoms with Crippen LogP contribution in [0, 0.1) is 0 Å². The molecule has 3 nitrogen and oxygen atoms in total. The van der Waals surface area contributed by atoms with Gasteiger partial charge in [-0.3, -0.25) is 4.90 Å². The van der Waals surface area contributed by atoms with E-state index < -0.39 is 0 Å². The summed E-state index contributed by atoms with van der Waals surface area (Å²) < 4.78 is 5.59. The SMILES string of the molecule is CSCCN(C)Cc1occc1CNC(C)(C)C. The predicted molar refractivity (Wildman–Crippen MR) is 80.0 cm³/mol. The van der Waals surface area contributed by atoms with Crippen molar-refractivity contribution in [3.05, 3.63) is 23.7 Å². The van der Waals surface area contributed by atoms with Crippen LogP contribution < -0.4 is 5.32 Å². The van der Waals surface area contributed by atoms with Gasteiger partial charge in [0.1, 0.15) is 5.76 Å². The Morgan fingerprint density at radius 2 is 2.11 bits per heavy atom. The minimum absolute atomic E-state index is 0.138. The van der Waals surface area contributed by atoms with Crippen molar-refractivity contribution in [2.24, 2.45) is 0 Å². The fourth-order valence-electron chi connectivity index (χ4n) is 1.59.